The van der Waals surface area contributed by atoms with Gasteiger partial charge in [0.05, 0.1) is 5.39 Å². The number of thiophene rings is 1. The van der Waals surface area contributed by atoms with Crippen LogP contribution >= 0.6 is 27.3 Å². The zero-order valence-corrected chi connectivity index (χ0v) is 14.0. The van der Waals surface area contributed by atoms with Gasteiger partial charge in [-0.2, -0.15) is 4.98 Å². The van der Waals surface area contributed by atoms with Crippen LogP contribution < -0.4 is 10.6 Å². The van der Waals surface area contributed by atoms with E-state index in [9.17, 15) is 0 Å². The Kier molecular flexibility index (Phi) is 4.36. The summed E-state index contributed by atoms with van der Waals surface area (Å²) in [6, 6.07) is 10.3. The average molecular weight is 363 g/mol. The summed E-state index contributed by atoms with van der Waals surface area (Å²) in [6.45, 7) is 3.57. The van der Waals surface area contributed by atoms with E-state index in [4.69, 9.17) is 0 Å². The normalized spacial score (nSPS) is 10.8. The molecule has 0 bridgehead atoms. The molecule has 6 heteroatoms. The highest BCUT2D eigenvalue weighted by Crippen LogP contribution is 2.27. The van der Waals surface area contributed by atoms with Gasteiger partial charge in [0.15, 0.2) is 0 Å². The van der Waals surface area contributed by atoms with Crippen LogP contribution in [0.2, 0.25) is 0 Å². The number of anilines is 2. The highest BCUT2D eigenvalue weighted by Gasteiger charge is 2.08. The molecule has 0 saturated carbocycles. The van der Waals surface area contributed by atoms with Gasteiger partial charge >= 0.3 is 0 Å². The zero-order valence-electron chi connectivity index (χ0n) is 11.6. The van der Waals surface area contributed by atoms with Gasteiger partial charge in [-0.1, -0.05) is 28.1 Å². The van der Waals surface area contributed by atoms with Gasteiger partial charge in [-0.3, -0.25) is 0 Å². The number of nitrogens with zero attached hydrogens (tertiary/aromatic N) is 2. The standard InChI is InChI=1S/C15H15BrN4S/c1-2-17-15-19-13(12-6-7-21-14(12)20-15)18-9-10-4-3-5-11(16)8-10/h3-8H,2,9H2,1H3,(H2,17,18,19,20). The van der Waals surface area contributed by atoms with Crippen LogP contribution in [0.25, 0.3) is 10.2 Å². The molecule has 0 radical (unpaired) electrons. The number of nitrogens with one attached hydrogen (secondary N) is 2. The van der Waals surface area contributed by atoms with E-state index >= 15 is 0 Å². The predicted molar refractivity (Wildman–Crippen MR) is 93.0 cm³/mol. The average Bonchev–Trinajstić information content (AvgIpc) is 2.93. The van der Waals surface area contributed by atoms with Gasteiger partial charge in [0.25, 0.3) is 0 Å². The molecule has 0 amide bonds. The van der Waals surface area contributed by atoms with Crippen LogP contribution in [0.5, 0.6) is 0 Å². The zero-order chi connectivity index (χ0) is 14.7. The Labute approximate surface area is 135 Å². The molecule has 4 nitrogen and oxygen atoms in total. The lowest BCUT2D eigenvalue weighted by molar-refractivity contribution is 1.08. The Bertz CT molecular complexity index is 756. The summed E-state index contributed by atoms with van der Waals surface area (Å²) in [5.41, 5.74) is 1.20. The molecule has 3 aromatic rings. The Balaban J connectivity index is 1.86. The van der Waals surface area contributed by atoms with E-state index in [2.05, 4.69) is 54.7 Å². The van der Waals surface area contributed by atoms with Crippen LogP contribution in [0, 0.1) is 0 Å². The molecule has 2 N–H and O–H groups in total. The van der Waals surface area contributed by atoms with Gasteiger partial charge in [-0.25, -0.2) is 4.98 Å². The van der Waals surface area contributed by atoms with Gasteiger partial charge in [0, 0.05) is 17.6 Å². The van der Waals surface area contributed by atoms with E-state index in [0.29, 0.717) is 5.95 Å². The summed E-state index contributed by atoms with van der Waals surface area (Å²) >= 11 is 5.12. The molecule has 108 valence electrons. The highest BCUT2D eigenvalue weighted by molar-refractivity contribution is 9.10. The summed E-state index contributed by atoms with van der Waals surface area (Å²) in [7, 11) is 0. The molecule has 2 aromatic heterocycles. The third-order valence-corrected chi connectivity index (χ3v) is 4.31. The molecule has 3 rings (SSSR count). The van der Waals surface area contributed by atoms with E-state index in [-0.39, 0.29) is 0 Å². The largest absolute Gasteiger partial charge is 0.365 e. The van der Waals surface area contributed by atoms with Gasteiger partial charge in [0.1, 0.15) is 10.6 Å². The second kappa shape index (κ2) is 6.41. The van der Waals surface area contributed by atoms with Crippen molar-refractivity contribution in [2.45, 2.75) is 13.5 Å². The lowest BCUT2D eigenvalue weighted by Crippen LogP contribution is -2.06. The highest BCUT2D eigenvalue weighted by atomic mass is 79.9. The van der Waals surface area contributed by atoms with Crippen molar-refractivity contribution in [2.24, 2.45) is 0 Å². The van der Waals surface area contributed by atoms with Crippen LogP contribution in [0.3, 0.4) is 0 Å². The second-order valence-electron chi connectivity index (χ2n) is 4.55. The number of fused-ring (bicyclic) bond motifs is 1. The van der Waals surface area contributed by atoms with E-state index in [1.165, 1.54) is 5.56 Å². The molecule has 0 atom stereocenters. The number of benzene rings is 1. The number of aromatic nitrogens is 2. The van der Waals surface area contributed by atoms with Crippen molar-refractivity contribution < 1.29 is 0 Å². The van der Waals surface area contributed by atoms with Crippen LogP contribution in [-0.4, -0.2) is 16.5 Å². The summed E-state index contributed by atoms with van der Waals surface area (Å²) < 4.78 is 1.08. The molecular weight excluding hydrogens is 348 g/mol. The maximum atomic E-state index is 4.56. The van der Waals surface area contributed by atoms with E-state index in [1.54, 1.807) is 11.3 Å². The smallest absolute Gasteiger partial charge is 0.226 e. The summed E-state index contributed by atoms with van der Waals surface area (Å²) in [5.74, 6) is 1.54. The Morgan fingerprint density at radius 3 is 2.90 bits per heavy atom. The van der Waals surface area contributed by atoms with Crippen molar-refractivity contribution in [1.29, 1.82) is 0 Å². The van der Waals surface area contributed by atoms with Crippen molar-refractivity contribution >= 4 is 49.2 Å². The summed E-state index contributed by atoms with van der Waals surface area (Å²) in [4.78, 5) is 10.1. The maximum absolute atomic E-state index is 4.56. The first-order valence-electron chi connectivity index (χ1n) is 6.73. The molecule has 0 aliphatic carbocycles. The van der Waals surface area contributed by atoms with Crippen molar-refractivity contribution in [3.8, 4) is 0 Å². The van der Waals surface area contributed by atoms with Crippen molar-refractivity contribution in [3.63, 3.8) is 0 Å². The SMILES string of the molecule is CCNc1nc(NCc2cccc(Br)c2)c2ccsc2n1. The first-order valence-corrected chi connectivity index (χ1v) is 8.41. The lowest BCUT2D eigenvalue weighted by Gasteiger charge is -2.09. The molecule has 2 heterocycles. The number of hydrogen-bond donors (Lipinski definition) is 2. The molecule has 0 aliphatic rings. The van der Waals surface area contributed by atoms with Crippen LogP contribution in [0.4, 0.5) is 11.8 Å². The molecular formula is C15H15BrN4S. The predicted octanol–water partition coefficient (Wildman–Crippen LogP) is 4.50. The second-order valence-corrected chi connectivity index (χ2v) is 6.36. The van der Waals surface area contributed by atoms with Gasteiger partial charge in [0.2, 0.25) is 5.95 Å². The first-order chi connectivity index (χ1) is 10.3. The monoisotopic (exact) mass is 362 g/mol. The molecule has 21 heavy (non-hydrogen) atoms. The Hall–Kier alpha value is -1.66. The minimum absolute atomic E-state index is 0.671. The van der Waals surface area contributed by atoms with Gasteiger partial charge < -0.3 is 10.6 Å². The fourth-order valence-electron chi connectivity index (χ4n) is 2.06. The summed E-state index contributed by atoms with van der Waals surface area (Å²) in [5, 5.41) is 9.69. The van der Waals surface area contributed by atoms with Crippen molar-refractivity contribution in [1.82, 2.24) is 9.97 Å². The minimum Gasteiger partial charge on any atom is -0.365 e. The molecule has 0 spiro atoms. The molecule has 1 aromatic carbocycles. The van der Waals surface area contributed by atoms with Crippen LogP contribution in [0.1, 0.15) is 12.5 Å². The van der Waals surface area contributed by atoms with Crippen molar-refractivity contribution in [2.75, 3.05) is 17.2 Å². The minimum atomic E-state index is 0.671. The molecule has 0 saturated heterocycles. The molecule has 0 aliphatic heterocycles. The van der Waals surface area contributed by atoms with E-state index < -0.39 is 0 Å². The first kappa shape index (κ1) is 14.3. The molecule has 0 fully saturated rings. The number of hydrogen-bond acceptors (Lipinski definition) is 5. The third kappa shape index (κ3) is 3.33. The fraction of sp³-hybridized carbons (Fsp3) is 0.200. The topological polar surface area (TPSA) is 49.8 Å². The Morgan fingerprint density at radius 1 is 1.19 bits per heavy atom. The maximum Gasteiger partial charge on any atom is 0.226 e. The quantitative estimate of drug-likeness (QED) is 0.701. The van der Waals surface area contributed by atoms with Crippen LogP contribution in [-0.2, 0) is 6.54 Å². The summed E-state index contributed by atoms with van der Waals surface area (Å²) in [6.07, 6.45) is 0. The van der Waals surface area contributed by atoms with Crippen LogP contribution in [0.15, 0.2) is 40.2 Å². The third-order valence-electron chi connectivity index (χ3n) is 3.01. The van der Waals surface area contributed by atoms with E-state index in [0.717, 1.165) is 33.6 Å². The number of rotatable bonds is 5. The van der Waals surface area contributed by atoms with Gasteiger partial charge in [-0.05, 0) is 36.1 Å². The van der Waals surface area contributed by atoms with Gasteiger partial charge in [-0.15, -0.1) is 11.3 Å². The molecule has 0 unspecified atom stereocenters. The Morgan fingerprint density at radius 2 is 2.10 bits per heavy atom. The van der Waals surface area contributed by atoms with Crippen molar-refractivity contribution in [3.05, 3.63) is 45.7 Å². The number of halogens is 1. The van der Waals surface area contributed by atoms with E-state index in [1.807, 2.05) is 24.4 Å². The lowest BCUT2D eigenvalue weighted by atomic mass is 10.2. The fourth-order valence-corrected chi connectivity index (χ4v) is 3.27.